The molecule has 0 bridgehead atoms. The van der Waals surface area contributed by atoms with Crippen molar-refractivity contribution in [1.82, 2.24) is 15.1 Å². The summed E-state index contributed by atoms with van der Waals surface area (Å²) in [6, 6.07) is 17.9. The number of aromatic nitrogens is 2. The number of thiophene rings is 1. The molecule has 2 aromatic heterocycles. The fraction of sp³-hybridized carbons (Fsp3) is 0.0909. The van der Waals surface area contributed by atoms with E-state index in [0.29, 0.717) is 17.9 Å². The van der Waals surface area contributed by atoms with E-state index in [9.17, 15) is 9.18 Å². The third-order valence-corrected chi connectivity index (χ3v) is 5.22. The largest absolute Gasteiger partial charge is 0.347 e. The van der Waals surface area contributed by atoms with Gasteiger partial charge in [0.1, 0.15) is 11.5 Å². The molecule has 140 valence electrons. The van der Waals surface area contributed by atoms with Gasteiger partial charge in [-0.15, -0.1) is 0 Å². The molecule has 0 saturated heterocycles. The first kappa shape index (κ1) is 18.1. The Bertz CT molecular complexity index is 1100. The second-order valence-electron chi connectivity index (χ2n) is 6.40. The Kier molecular flexibility index (Phi) is 5.04. The molecule has 0 saturated carbocycles. The van der Waals surface area contributed by atoms with E-state index in [0.717, 1.165) is 22.3 Å². The Labute approximate surface area is 166 Å². The molecule has 0 aliphatic rings. The first-order valence-corrected chi connectivity index (χ1v) is 9.75. The number of nitrogens with one attached hydrogen (secondary N) is 1. The Morgan fingerprint density at radius 1 is 1.11 bits per heavy atom. The number of aryl methyl sites for hydroxylation is 1. The molecule has 6 heteroatoms. The van der Waals surface area contributed by atoms with Gasteiger partial charge in [0, 0.05) is 19.2 Å². The Hall–Kier alpha value is -3.25. The number of hydrogen-bond acceptors (Lipinski definition) is 3. The topological polar surface area (TPSA) is 46.9 Å². The van der Waals surface area contributed by atoms with Gasteiger partial charge in [-0.25, -0.2) is 4.39 Å². The smallest absolute Gasteiger partial charge is 0.269 e. The van der Waals surface area contributed by atoms with Gasteiger partial charge in [-0.2, -0.15) is 16.4 Å². The molecule has 4 aromatic rings. The molecule has 2 heterocycles. The van der Waals surface area contributed by atoms with E-state index in [2.05, 4.69) is 27.9 Å². The molecule has 0 aliphatic carbocycles. The molecule has 4 rings (SSSR count). The van der Waals surface area contributed by atoms with Crippen LogP contribution < -0.4 is 5.32 Å². The van der Waals surface area contributed by atoms with E-state index >= 15 is 0 Å². The van der Waals surface area contributed by atoms with Gasteiger partial charge in [0.15, 0.2) is 0 Å². The summed E-state index contributed by atoms with van der Waals surface area (Å²) < 4.78 is 14.7. The fourth-order valence-electron chi connectivity index (χ4n) is 3.08. The van der Waals surface area contributed by atoms with E-state index in [-0.39, 0.29) is 11.7 Å². The molecular weight excluding hydrogens is 373 g/mol. The molecule has 0 aliphatic heterocycles. The van der Waals surface area contributed by atoms with Gasteiger partial charge in [0.25, 0.3) is 5.91 Å². The standard InChI is InChI=1S/C22H18FN3OS/c1-26-21(12-20(25-26)15-6-8-18(23)9-7-15)22(27)24-13-16-4-2-3-5-19(16)17-10-11-28-14-17/h2-12,14H,13H2,1H3,(H,24,27). The van der Waals surface area contributed by atoms with E-state index in [1.807, 2.05) is 23.6 Å². The minimum absolute atomic E-state index is 0.205. The van der Waals surface area contributed by atoms with Crippen LogP contribution in [-0.2, 0) is 13.6 Å². The number of rotatable bonds is 5. The van der Waals surface area contributed by atoms with Crippen molar-refractivity contribution in [3.63, 3.8) is 0 Å². The molecule has 2 aromatic carbocycles. The lowest BCUT2D eigenvalue weighted by atomic mass is 10.0. The van der Waals surface area contributed by atoms with Crippen molar-refractivity contribution in [3.8, 4) is 22.4 Å². The first-order valence-electron chi connectivity index (χ1n) is 8.80. The van der Waals surface area contributed by atoms with Crippen LogP contribution in [0.1, 0.15) is 16.1 Å². The summed E-state index contributed by atoms with van der Waals surface area (Å²) in [4.78, 5) is 12.7. The van der Waals surface area contributed by atoms with Crippen molar-refractivity contribution >= 4 is 17.2 Å². The summed E-state index contributed by atoms with van der Waals surface area (Å²) in [5.74, 6) is -0.509. The lowest BCUT2D eigenvalue weighted by molar-refractivity contribution is 0.0941. The van der Waals surface area contributed by atoms with Crippen LogP contribution >= 0.6 is 11.3 Å². The van der Waals surface area contributed by atoms with Crippen LogP contribution in [0.4, 0.5) is 4.39 Å². The van der Waals surface area contributed by atoms with Crippen LogP contribution in [0, 0.1) is 5.82 Å². The summed E-state index contributed by atoms with van der Waals surface area (Å²) >= 11 is 1.65. The number of amides is 1. The SMILES string of the molecule is Cn1nc(-c2ccc(F)cc2)cc1C(=O)NCc1ccccc1-c1ccsc1. The maximum Gasteiger partial charge on any atom is 0.269 e. The number of nitrogens with zero attached hydrogens (tertiary/aromatic N) is 2. The van der Waals surface area contributed by atoms with Crippen LogP contribution in [0.25, 0.3) is 22.4 Å². The van der Waals surface area contributed by atoms with Gasteiger partial charge in [0.2, 0.25) is 0 Å². The molecule has 1 amide bonds. The Morgan fingerprint density at radius 2 is 1.89 bits per heavy atom. The van der Waals surface area contributed by atoms with Gasteiger partial charge in [0.05, 0.1) is 5.69 Å². The van der Waals surface area contributed by atoms with Gasteiger partial charge in [-0.05, 0) is 63.8 Å². The third kappa shape index (κ3) is 3.73. The van der Waals surface area contributed by atoms with E-state index in [1.54, 1.807) is 41.3 Å². The Balaban J connectivity index is 1.52. The van der Waals surface area contributed by atoms with Crippen molar-refractivity contribution in [2.24, 2.45) is 7.05 Å². The molecule has 0 unspecified atom stereocenters. The van der Waals surface area contributed by atoms with Gasteiger partial charge < -0.3 is 5.32 Å². The van der Waals surface area contributed by atoms with Gasteiger partial charge >= 0.3 is 0 Å². The van der Waals surface area contributed by atoms with Crippen LogP contribution in [-0.4, -0.2) is 15.7 Å². The van der Waals surface area contributed by atoms with E-state index in [1.165, 1.54) is 12.1 Å². The minimum Gasteiger partial charge on any atom is -0.347 e. The lowest BCUT2D eigenvalue weighted by Crippen LogP contribution is -2.25. The third-order valence-electron chi connectivity index (χ3n) is 4.54. The molecule has 0 radical (unpaired) electrons. The highest BCUT2D eigenvalue weighted by molar-refractivity contribution is 7.08. The molecule has 0 fully saturated rings. The minimum atomic E-state index is -0.304. The van der Waals surface area contributed by atoms with Crippen LogP contribution in [0.15, 0.2) is 71.4 Å². The predicted molar refractivity (Wildman–Crippen MR) is 110 cm³/mol. The number of hydrogen-bond donors (Lipinski definition) is 1. The van der Waals surface area contributed by atoms with Crippen molar-refractivity contribution in [2.75, 3.05) is 0 Å². The highest BCUT2D eigenvalue weighted by Gasteiger charge is 2.15. The molecular formula is C22H18FN3OS. The van der Waals surface area contributed by atoms with Crippen LogP contribution in [0.3, 0.4) is 0 Å². The number of carbonyl (C=O) groups is 1. The molecule has 28 heavy (non-hydrogen) atoms. The summed E-state index contributed by atoms with van der Waals surface area (Å²) in [5, 5.41) is 11.5. The van der Waals surface area contributed by atoms with Crippen molar-refractivity contribution in [3.05, 3.63) is 88.5 Å². The molecule has 0 atom stereocenters. The summed E-state index contributed by atoms with van der Waals surface area (Å²) in [5.41, 5.74) is 5.16. The monoisotopic (exact) mass is 391 g/mol. The van der Waals surface area contributed by atoms with Gasteiger partial charge in [-0.1, -0.05) is 24.3 Å². The summed E-state index contributed by atoms with van der Waals surface area (Å²) in [7, 11) is 1.72. The predicted octanol–water partition coefficient (Wildman–Crippen LogP) is 4.88. The highest BCUT2D eigenvalue weighted by atomic mass is 32.1. The zero-order valence-corrected chi connectivity index (χ0v) is 16.0. The highest BCUT2D eigenvalue weighted by Crippen LogP contribution is 2.26. The quantitative estimate of drug-likeness (QED) is 0.527. The van der Waals surface area contributed by atoms with Crippen molar-refractivity contribution in [1.29, 1.82) is 0 Å². The average molecular weight is 391 g/mol. The van der Waals surface area contributed by atoms with Crippen molar-refractivity contribution in [2.45, 2.75) is 6.54 Å². The van der Waals surface area contributed by atoms with Crippen LogP contribution in [0.5, 0.6) is 0 Å². The fourth-order valence-corrected chi connectivity index (χ4v) is 3.74. The van der Waals surface area contributed by atoms with Crippen molar-refractivity contribution < 1.29 is 9.18 Å². The summed E-state index contributed by atoms with van der Waals surface area (Å²) in [6.07, 6.45) is 0. The normalized spacial score (nSPS) is 10.8. The second kappa shape index (κ2) is 7.78. The molecule has 0 spiro atoms. The number of carbonyl (C=O) groups excluding carboxylic acids is 1. The molecule has 4 nitrogen and oxygen atoms in total. The number of benzene rings is 2. The van der Waals surface area contributed by atoms with Gasteiger partial charge in [-0.3, -0.25) is 9.48 Å². The lowest BCUT2D eigenvalue weighted by Gasteiger charge is -2.10. The van der Waals surface area contributed by atoms with E-state index in [4.69, 9.17) is 0 Å². The average Bonchev–Trinajstić information content (AvgIpc) is 3.37. The van der Waals surface area contributed by atoms with E-state index < -0.39 is 0 Å². The first-order chi connectivity index (χ1) is 13.6. The Morgan fingerprint density at radius 3 is 2.64 bits per heavy atom. The zero-order valence-electron chi connectivity index (χ0n) is 15.2. The molecule has 1 N–H and O–H groups in total. The second-order valence-corrected chi connectivity index (χ2v) is 7.18. The maximum atomic E-state index is 13.1. The zero-order chi connectivity index (χ0) is 19.5. The summed E-state index contributed by atoms with van der Waals surface area (Å²) in [6.45, 7) is 0.419. The van der Waals surface area contributed by atoms with Crippen LogP contribution in [0.2, 0.25) is 0 Å². The maximum absolute atomic E-state index is 13.1. The number of halogens is 1.